The Kier molecular flexibility index (Phi) is 5.40. The van der Waals surface area contributed by atoms with Crippen LogP contribution in [0.3, 0.4) is 0 Å². The van der Waals surface area contributed by atoms with Gasteiger partial charge in [0.1, 0.15) is 0 Å². The molecule has 4 nitrogen and oxygen atoms in total. The average Bonchev–Trinajstić information content (AvgIpc) is 2.65. The van der Waals surface area contributed by atoms with E-state index in [9.17, 15) is 0 Å². The van der Waals surface area contributed by atoms with Gasteiger partial charge in [-0.2, -0.15) is 0 Å². The molecule has 0 spiro atoms. The Morgan fingerprint density at radius 3 is 2.62 bits per heavy atom. The number of hydrogen-bond donors (Lipinski definition) is 2. The molecule has 0 aliphatic carbocycles. The Balaban J connectivity index is 1.54. The summed E-state index contributed by atoms with van der Waals surface area (Å²) < 4.78 is 0. The Hall–Kier alpha value is -2.88. The second-order valence-electron chi connectivity index (χ2n) is 5.58. The number of hydrogen-bond acceptors (Lipinski definition) is 2. The quantitative estimate of drug-likeness (QED) is 0.561. The third kappa shape index (κ3) is 4.10. The van der Waals surface area contributed by atoms with Crippen LogP contribution in [-0.4, -0.2) is 24.5 Å². The molecule has 24 heavy (non-hydrogen) atoms. The van der Waals surface area contributed by atoms with Gasteiger partial charge in [-0.05, 0) is 23.6 Å². The fraction of sp³-hybridized carbons (Fsp3) is 0.200. The number of nitrogens with one attached hydrogen (secondary N) is 2. The highest BCUT2D eigenvalue weighted by molar-refractivity contribution is 5.82. The number of guanidine groups is 1. The molecule has 0 saturated heterocycles. The van der Waals surface area contributed by atoms with Gasteiger partial charge in [0.25, 0.3) is 0 Å². The molecule has 0 unspecified atom stereocenters. The second kappa shape index (κ2) is 8.11. The molecular weight excluding hydrogens is 296 g/mol. The molecule has 0 amide bonds. The molecule has 0 saturated carbocycles. The molecule has 3 aromatic rings. The van der Waals surface area contributed by atoms with Crippen molar-refractivity contribution in [1.29, 1.82) is 0 Å². The van der Waals surface area contributed by atoms with Crippen molar-refractivity contribution in [2.75, 3.05) is 13.6 Å². The number of nitrogens with zero attached hydrogens (tertiary/aromatic N) is 2. The predicted molar refractivity (Wildman–Crippen MR) is 100 cm³/mol. The number of aliphatic imine (C=N–C) groups is 1. The van der Waals surface area contributed by atoms with Crippen molar-refractivity contribution < 1.29 is 0 Å². The van der Waals surface area contributed by atoms with Crippen LogP contribution in [0.5, 0.6) is 0 Å². The third-order valence-electron chi connectivity index (χ3n) is 3.93. The van der Waals surface area contributed by atoms with Crippen LogP contribution in [0.4, 0.5) is 0 Å². The summed E-state index contributed by atoms with van der Waals surface area (Å²) in [7, 11) is 1.79. The van der Waals surface area contributed by atoms with E-state index in [1.54, 1.807) is 7.05 Å². The van der Waals surface area contributed by atoms with Crippen LogP contribution in [-0.2, 0) is 13.0 Å². The zero-order chi connectivity index (χ0) is 16.6. The first kappa shape index (κ1) is 16.0. The van der Waals surface area contributed by atoms with Crippen LogP contribution < -0.4 is 10.6 Å². The first-order valence-electron chi connectivity index (χ1n) is 8.18. The molecule has 2 aromatic carbocycles. The molecule has 2 N–H and O–H groups in total. The minimum atomic E-state index is 0.760. The maximum atomic E-state index is 4.50. The van der Waals surface area contributed by atoms with Gasteiger partial charge in [0.2, 0.25) is 0 Å². The van der Waals surface area contributed by atoms with Crippen LogP contribution in [0.1, 0.15) is 11.1 Å². The third-order valence-corrected chi connectivity index (χ3v) is 3.93. The van der Waals surface area contributed by atoms with Gasteiger partial charge in [0, 0.05) is 31.7 Å². The van der Waals surface area contributed by atoms with Crippen molar-refractivity contribution in [3.8, 4) is 0 Å². The zero-order valence-electron chi connectivity index (χ0n) is 13.9. The molecule has 1 heterocycles. The van der Waals surface area contributed by atoms with Crippen molar-refractivity contribution in [3.05, 3.63) is 78.0 Å². The molecule has 122 valence electrons. The van der Waals surface area contributed by atoms with Crippen molar-refractivity contribution in [2.24, 2.45) is 4.99 Å². The lowest BCUT2D eigenvalue weighted by molar-refractivity contribution is 0.796. The Morgan fingerprint density at radius 2 is 1.79 bits per heavy atom. The van der Waals surface area contributed by atoms with Crippen LogP contribution in [0.2, 0.25) is 0 Å². The van der Waals surface area contributed by atoms with E-state index in [0.29, 0.717) is 0 Å². The monoisotopic (exact) mass is 318 g/mol. The van der Waals surface area contributed by atoms with Gasteiger partial charge < -0.3 is 10.6 Å². The number of aromatic nitrogens is 1. The summed E-state index contributed by atoms with van der Waals surface area (Å²) in [5.74, 6) is 0.812. The van der Waals surface area contributed by atoms with Crippen LogP contribution in [0, 0.1) is 0 Å². The summed E-state index contributed by atoms with van der Waals surface area (Å²) in [6.45, 7) is 1.57. The Morgan fingerprint density at radius 1 is 0.958 bits per heavy atom. The standard InChI is InChI=1S/C20H22N4/c1-21-20(24-15-16-7-3-2-4-8-16)23-14-12-18-10-5-9-17-11-6-13-22-19(17)18/h2-11,13H,12,14-15H2,1H3,(H2,21,23,24). The van der Waals surface area contributed by atoms with E-state index in [2.05, 4.69) is 57.0 Å². The normalized spacial score (nSPS) is 11.5. The highest BCUT2D eigenvalue weighted by atomic mass is 15.2. The van der Waals surface area contributed by atoms with Gasteiger partial charge in [-0.3, -0.25) is 9.98 Å². The predicted octanol–water partition coefficient (Wildman–Crippen LogP) is 3.14. The molecule has 0 aliphatic heterocycles. The summed E-state index contributed by atoms with van der Waals surface area (Å²) in [6, 6.07) is 20.7. The maximum absolute atomic E-state index is 4.50. The molecule has 4 heteroatoms. The summed E-state index contributed by atoms with van der Waals surface area (Å²) in [5.41, 5.74) is 3.56. The first-order valence-corrected chi connectivity index (χ1v) is 8.18. The minimum absolute atomic E-state index is 0.760. The topological polar surface area (TPSA) is 49.3 Å². The lowest BCUT2D eigenvalue weighted by atomic mass is 10.1. The molecular formula is C20H22N4. The molecule has 0 radical (unpaired) electrons. The number of benzene rings is 2. The Labute approximate surface area is 142 Å². The molecule has 0 atom stereocenters. The first-order chi connectivity index (χ1) is 11.9. The molecule has 3 rings (SSSR count). The highest BCUT2D eigenvalue weighted by Gasteiger charge is 2.03. The smallest absolute Gasteiger partial charge is 0.191 e. The highest BCUT2D eigenvalue weighted by Crippen LogP contribution is 2.15. The van der Waals surface area contributed by atoms with Gasteiger partial charge >= 0.3 is 0 Å². The van der Waals surface area contributed by atoms with Crippen molar-refractivity contribution in [2.45, 2.75) is 13.0 Å². The van der Waals surface area contributed by atoms with Gasteiger partial charge in [-0.15, -0.1) is 0 Å². The molecule has 1 aromatic heterocycles. The number of pyridine rings is 1. The molecule has 0 fully saturated rings. The van der Waals surface area contributed by atoms with E-state index in [-0.39, 0.29) is 0 Å². The number of para-hydroxylation sites is 1. The van der Waals surface area contributed by atoms with Crippen LogP contribution in [0.25, 0.3) is 10.9 Å². The number of rotatable bonds is 5. The van der Waals surface area contributed by atoms with E-state index in [1.165, 1.54) is 16.5 Å². The summed E-state index contributed by atoms with van der Waals surface area (Å²) in [4.78, 5) is 8.78. The SMILES string of the molecule is CN=C(NCCc1cccc2cccnc12)NCc1ccccc1. The largest absolute Gasteiger partial charge is 0.356 e. The van der Waals surface area contributed by atoms with Gasteiger partial charge in [-0.25, -0.2) is 0 Å². The van der Waals surface area contributed by atoms with Crippen LogP contribution >= 0.6 is 0 Å². The van der Waals surface area contributed by atoms with Gasteiger partial charge in [0.05, 0.1) is 5.52 Å². The van der Waals surface area contributed by atoms with E-state index >= 15 is 0 Å². The van der Waals surface area contributed by atoms with E-state index in [4.69, 9.17) is 0 Å². The van der Waals surface area contributed by atoms with E-state index < -0.39 is 0 Å². The Bertz CT molecular complexity index is 807. The fourth-order valence-electron chi connectivity index (χ4n) is 2.69. The van der Waals surface area contributed by atoms with Crippen LogP contribution in [0.15, 0.2) is 71.9 Å². The zero-order valence-corrected chi connectivity index (χ0v) is 13.9. The summed E-state index contributed by atoms with van der Waals surface area (Å²) >= 11 is 0. The lowest BCUT2D eigenvalue weighted by Crippen LogP contribution is -2.37. The maximum Gasteiger partial charge on any atom is 0.191 e. The van der Waals surface area contributed by atoms with Crippen molar-refractivity contribution in [3.63, 3.8) is 0 Å². The summed E-state index contributed by atoms with van der Waals surface area (Å²) in [5, 5.41) is 7.88. The second-order valence-corrected chi connectivity index (χ2v) is 5.58. The summed E-state index contributed by atoms with van der Waals surface area (Å²) in [6.07, 6.45) is 2.75. The minimum Gasteiger partial charge on any atom is -0.356 e. The van der Waals surface area contributed by atoms with Gasteiger partial charge in [0.15, 0.2) is 5.96 Å². The number of fused-ring (bicyclic) bond motifs is 1. The van der Waals surface area contributed by atoms with Crippen molar-refractivity contribution in [1.82, 2.24) is 15.6 Å². The van der Waals surface area contributed by atoms with E-state index in [0.717, 1.165) is 31.0 Å². The average molecular weight is 318 g/mol. The molecule has 0 bridgehead atoms. The van der Waals surface area contributed by atoms with E-state index in [1.807, 2.05) is 30.5 Å². The van der Waals surface area contributed by atoms with Crippen molar-refractivity contribution >= 4 is 16.9 Å². The fourth-order valence-corrected chi connectivity index (χ4v) is 2.69. The van der Waals surface area contributed by atoms with Gasteiger partial charge in [-0.1, -0.05) is 54.6 Å². The lowest BCUT2D eigenvalue weighted by Gasteiger charge is -2.12. The molecule has 0 aliphatic rings.